The van der Waals surface area contributed by atoms with Crippen LogP contribution in [0, 0.1) is 0 Å². The lowest BCUT2D eigenvalue weighted by atomic mass is 10.1. The highest BCUT2D eigenvalue weighted by atomic mass is 16.1. The Balaban J connectivity index is 2.32. The summed E-state index contributed by atoms with van der Waals surface area (Å²) in [6.45, 7) is 2.00. The number of hydrogen-bond acceptors (Lipinski definition) is 2. The molecule has 2 nitrogen and oxygen atoms in total. The van der Waals surface area contributed by atoms with Gasteiger partial charge in [-0.05, 0) is 18.6 Å². The minimum absolute atomic E-state index is 0.116. The van der Waals surface area contributed by atoms with Crippen molar-refractivity contribution in [2.75, 3.05) is 0 Å². The van der Waals surface area contributed by atoms with E-state index < -0.39 is 0 Å². The van der Waals surface area contributed by atoms with Crippen LogP contribution < -0.4 is 0 Å². The molecule has 0 spiro atoms. The van der Waals surface area contributed by atoms with Gasteiger partial charge in [-0.3, -0.25) is 4.79 Å². The molecule has 1 aromatic carbocycles. The molecule has 0 bridgehead atoms. The number of aromatic nitrogens is 1. The number of Topliss-reactive ketones (excluding diaryl/α,β-unsaturated/α-hetero) is 1. The second kappa shape index (κ2) is 5.39. The zero-order valence-corrected chi connectivity index (χ0v) is 9.89. The average Bonchev–Trinajstić information content (AvgIpc) is 2.40. The fourth-order valence-corrected chi connectivity index (χ4v) is 1.71. The summed E-state index contributed by atoms with van der Waals surface area (Å²) in [5.74, 6) is 0.116. The van der Waals surface area contributed by atoms with E-state index in [0.29, 0.717) is 12.1 Å². The Kier molecular flexibility index (Phi) is 3.66. The van der Waals surface area contributed by atoms with Crippen molar-refractivity contribution in [3.63, 3.8) is 0 Å². The van der Waals surface area contributed by atoms with Gasteiger partial charge in [-0.1, -0.05) is 43.3 Å². The van der Waals surface area contributed by atoms with E-state index in [1.807, 2.05) is 49.4 Å². The molecular weight excluding hydrogens is 210 g/mol. The maximum atomic E-state index is 11.8. The molecule has 2 aromatic rings. The lowest BCUT2D eigenvalue weighted by molar-refractivity contribution is 0.0977. The van der Waals surface area contributed by atoms with E-state index >= 15 is 0 Å². The molecule has 0 amide bonds. The van der Waals surface area contributed by atoms with Crippen molar-refractivity contribution in [3.05, 3.63) is 54.2 Å². The average molecular weight is 225 g/mol. The van der Waals surface area contributed by atoms with E-state index in [1.165, 1.54) is 0 Å². The Hall–Kier alpha value is -1.96. The topological polar surface area (TPSA) is 30.0 Å². The van der Waals surface area contributed by atoms with Gasteiger partial charge in [0, 0.05) is 12.0 Å². The van der Waals surface area contributed by atoms with Gasteiger partial charge >= 0.3 is 0 Å². The summed E-state index contributed by atoms with van der Waals surface area (Å²) < 4.78 is 0. The summed E-state index contributed by atoms with van der Waals surface area (Å²) in [7, 11) is 0. The van der Waals surface area contributed by atoms with Crippen LogP contribution in [0.4, 0.5) is 0 Å². The predicted molar refractivity (Wildman–Crippen MR) is 68.9 cm³/mol. The van der Waals surface area contributed by atoms with Gasteiger partial charge in [-0.2, -0.15) is 0 Å². The van der Waals surface area contributed by atoms with Crippen LogP contribution >= 0.6 is 0 Å². The first-order valence-electron chi connectivity index (χ1n) is 5.87. The third-order valence-corrected chi connectivity index (χ3v) is 2.58. The number of rotatable bonds is 4. The molecule has 17 heavy (non-hydrogen) atoms. The number of pyridine rings is 1. The van der Waals surface area contributed by atoms with Crippen molar-refractivity contribution in [1.29, 1.82) is 0 Å². The summed E-state index contributed by atoms with van der Waals surface area (Å²) in [5.41, 5.74) is 2.46. The van der Waals surface area contributed by atoms with Crippen LogP contribution in [0.2, 0.25) is 0 Å². The van der Waals surface area contributed by atoms with Crippen LogP contribution in [0.25, 0.3) is 11.3 Å². The lowest BCUT2D eigenvalue weighted by Gasteiger charge is -2.03. The number of carbonyl (C=O) groups is 1. The molecule has 0 fully saturated rings. The third kappa shape index (κ3) is 2.78. The zero-order chi connectivity index (χ0) is 12.1. The van der Waals surface area contributed by atoms with Crippen molar-refractivity contribution in [3.8, 4) is 11.3 Å². The molecule has 0 saturated heterocycles. The highest BCUT2D eigenvalue weighted by Gasteiger charge is 2.07. The fourth-order valence-electron chi connectivity index (χ4n) is 1.71. The molecule has 0 atom stereocenters. The minimum Gasteiger partial charge on any atom is -0.292 e. The first-order valence-corrected chi connectivity index (χ1v) is 5.87. The molecule has 1 aromatic heterocycles. The number of nitrogens with zero attached hydrogens (tertiary/aromatic N) is 1. The number of ketones is 1. The van der Waals surface area contributed by atoms with Crippen molar-refractivity contribution < 1.29 is 4.79 Å². The molecule has 0 aliphatic heterocycles. The van der Waals surface area contributed by atoms with Crippen molar-refractivity contribution in [1.82, 2.24) is 4.98 Å². The first kappa shape index (κ1) is 11.5. The van der Waals surface area contributed by atoms with Gasteiger partial charge in [-0.15, -0.1) is 0 Å². The Morgan fingerprint density at radius 3 is 2.53 bits per heavy atom. The van der Waals surface area contributed by atoms with Gasteiger partial charge in [0.2, 0.25) is 0 Å². The molecule has 2 rings (SSSR count). The van der Waals surface area contributed by atoms with E-state index in [2.05, 4.69) is 4.98 Å². The van der Waals surface area contributed by atoms with Gasteiger partial charge in [-0.25, -0.2) is 4.98 Å². The van der Waals surface area contributed by atoms with E-state index in [0.717, 1.165) is 17.7 Å². The molecule has 2 heteroatoms. The Morgan fingerprint density at radius 1 is 1.06 bits per heavy atom. The maximum absolute atomic E-state index is 11.8. The highest BCUT2D eigenvalue weighted by Crippen LogP contribution is 2.17. The summed E-state index contributed by atoms with van der Waals surface area (Å²) in [6, 6.07) is 15.5. The molecule has 86 valence electrons. The van der Waals surface area contributed by atoms with Crippen molar-refractivity contribution in [2.24, 2.45) is 0 Å². The third-order valence-electron chi connectivity index (χ3n) is 2.58. The summed E-state index contributed by atoms with van der Waals surface area (Å²) in [6.07, 6.45) is 1.42. The molecule has 0 saturated carbocycles. The normalized spacial score (nSPS) is 10.2. The zero-order valence-electron chi connectivity index (χ0n) is 9.89. The molecule has 0 unspecified atom stereocenters. The van der Waals surface area contributed by atoms with Crippen LogP contribution in [-0.2, 0) is 0 Å². The van der Waals surface area contributed by atoms with E-state index in [9.17, 15) is 4.79 Å². The summed E-state index contributed by atoms with van der Waals surface area (Å²) >= 11 is 0. The first-order chi connectivity index (χ1) is 8.31. The molecular formula is C15H15NO. The second-order valence-corrected chi connectivity index (χ2v) is 3.95. The number of hydrogen-bond donors (Lipinski definition) is 0. The SMILES string of the molecule is CCCC(=O)c1cccc(-c2ccccc2)n1. The minimum atomic E-state index is 0.116. The molecule has 0 N–H and O–H groups in total. The van der Waals surface area contributed by atoms with E-state index in [1.54, 1.807) is 6.07 Å². The van der Waals surface area contributed by atoms with Crippen LogP contribution in [-0.4, -0.2) is 10.8 Å². The van der Waals surface area contributed by atoms with Gasteiger partial charge < -0.3 is 0 Å². The lowest BCUT2D eigenvalue weighted by Crippen LogP contribution is -2.01. The van der Waals surface area contributed by atoms with Crippen LogP contribution in [0.15, 0.2) is 48.5 Å². The second-order valence-electron chi connectivity index (χ2n) is 3.95. The fraction of sp³-hybridized carbons (Fsp3) is 0.200. The Labute approximate surface area is 101 Å². The molecule has 0 radical (unpaired) electrons. The standard InChI is InChI=1S/C15H15NO/c1-2-7-15(17)14-11-6-10-13(16-14)12-8-4-3-5-9-12/h3-6,8-11H,2,7H2,1H3. The van der Waals surface area contributed by atoms with Crippen molar-refractivity contribution in [2.45, 2.75) is 19.8 Å². The van der Waals surface area contributed by atoms with E-state index in [-0.39, 0.29) is 5.78 Å². The predicted octanol–water partition coefficient (Wildman–Crippen LogP) is 3.73. The van der Waals surface area contributed by atoms with Crippen LogP contribution in [0.3, 0.4) is 0 Å². The van der Waals surface area contributed by atoms with Gasteiger partial charge in [0.15, 0.2) is 5.78 Å². The highest BCUT2D eigenvalue weighted by molar-refractivity contribution is 5.94. The van der Waals surface area contributed by atoms with Gasteiger partial charge in [0.25, 0.3) is 0 Å². The van der Waals surface area contributed by atoms with Crippen LogP contribution in [0.5, 0.6) is 0 Å². The Morgan fingerprint density at radius 2 is 1.82 bits per heavy atom. The summed E-state index contributed by atoms with van der Waals surface area (Å²) in [4.78, 5) is 16.2. The van der Waals surface area contributed by atoms with E-state index in [4.69, 9.17) is 0 Å². The molecule has 0 aliphatic rings. The number of carbonyl (C=O) groups excluding carboxylic acids is 1. The van der Waals surface area contributed by atoms with Crippen molar-refractivity contribution >= 4 is 5.78 Å². The number of benzene rings is 1. The largest absolute Gasteiger partial charge is 0.292 e. The quantitative estimate of drug-likeness (QED) is 0.742. The molecule has 0 aliphatic carbocycles. The van der Waals surface area contributed by atoms with Gasteiger partial charge in [0.05, 0.1) is 5.69 Å². The maximum Gasteiger partial charge on any atom is 0.181 e. The Bertz CT molecular complexity index is 505. The van der Waals surface area contributed by atoms with Crippen LogP contribution in [0.1, 0.15) is 30.3 Å². The van der Waals surface area contributed by atoms with Gasteiger partial charge in [0.1, 0.15) is 5.69 Å². The summed E-state index contributed by atoms with van der Waals surface area (Å²) in [5, 5.41) is 0. The smallest absolute Gasteiger partial charge is 0.181 e. The monoisotopic (exact) mass is 225 g/mol. The molecule has 1 heterocycles.